The fourth-order valence-electron chi connectivity index (χ4n) is 5.17. The van der Waals surface area contributed by atoms with Crippen LogP contribution in [-0.2, 0) is 26.2 Å². The molecule has 1 unspecified atom stereocenters. The molecular formula is C29H41N3O4S. The molecule has 2 aromatic rings. The van der Waals surface area contributed by atoms with Gasteiger partial charge < -0.3 is 10.2 Å². The van der Waals surface area contributed by atoms with E-state index in [1.54, 1.807) is 4.90 Å². The average molecular weight is 528 g/mol. The van der Waals surface area contributed by atoms with Crippen LogP contribution in [-0.4, -0.2) is 50.0 Å². The third-order valence-electron chi connectivity index (χ3n) is 6.93. The fourth-order valence-corrected chi connectivity index (χ4v) is 6.11. The summed E-state index contributed by atoms with van der Waals surface area (Å²) in [4.78, 5) is 28.4. The van der Waals surface area contributed by atoms with Crippen LogP contribution in [0.5, 0.6) is 0 Å². The molecule has 1 saturated carbocycles. The van der Waals surface area contributed by atoms with Crippen molar-refractivity contribution in [2.45, 2.75) is 84.3 Å². The largest absolute Gasteiger partial charge is 0.352 e. The van der Waals surface area contributed by atoms with E-state index in [0.29, 0.717) is 25.1 Å². The summed E-state index contributed by atoms with van der Waals surface area (Å²) in [5.74, 6) is -0.252. The van der Waals surface area contributed by atoms with E-state index in [0.717, 1.165) is 42.4 Å². The summed E-state index contributed by atoms with van der Waals surface area (Å²) in [6.07, 6.45) is 6.39. The molecule has 2 aromatic carbocycles. The highest BCUT2D eigenvalue weighted by Gasteiger charge is 2.30. The summed E-state index contributed by atoms with van der Waals surface area (Å²) in [5.41, 5.74) is 3.52. The highest BCUT2D eigenvalue weighted by molar-refractivity contribution is 7.92. The summed E-state index contributed by atoms with van der Waals surface area (Å²) >= 11 is 0. The first-order valence-corrected chi connectivity index (χ1v) is 15.1. The van der Waals surface area contributed by atoms with Gasteiger partial charge in [-0.2, -0.15) is 0 Å². The number of benzene rings is 2. The molecule has 7 nitrogen and oxygen atoms in total. The molecule has 37 heavy (non-hydrogen) atoms. The number of anilines is 1. The molecule has 1 aliphatic carbocycles. The molecule has 3 rings (SSSR count). The molecule has 0 radical (unpaired) electrons. The molecule has 0 heterocycles. The first kappa shape index (κ1) is 28.7. The van der Waals surface area contributed by atoms with Gasteiger partial charge in [-0.05, 0) is 68.4 Å². The van der Waals surface area contributed by atoms with Gasteiger partial charge in [0.05, 0.1) is 11.9 Å². The van der Waals surface area contributed by atoms with Gasteiger partial charge in [0, 0.05) is 25.6 Å². The molecule has 1 N–H and O–H groups in total. The molecule has 8 heteroatoms. The van der Waals surface area contributed by atoms with Gasteiger partial charge in [0.1, 0.15) is 6.04 Å². The van der Waals surface area contributed by atoms with Crippen molar-refractivity contribution in [1.29, 1.82) is 0 Å². The molecule has 0 aliphatic heterocycles. The maximum Gasteiger partial charge on any atom is 0.243 e. The Morgan fingerprint density at radius 1 is 1.03 bits per heavy atom. The van der Waals surface area contributed by atoms with Crippen LogP contribution in [0.25, 0.3) is 0 Å². The van der Waals surface area contributed by atoms with Gasteiger partial charge in [0.15, 0.2) is 0 Å². The zero-order valence-electron chi connectivity index (χ0n) is 22.6. The quantitative estimate of drug-likeness (QED) is 0.433. The Bertz CT molecular complexity index is 1140. The van der Waals surface area contributed by atoms with Gasteiger partial charge in [0.2, 0.25) is 21.8 Å². The van der Waals surface area contributed by atoms with E-state index in [2.05, 4.69) is 5.32 Å². The Kier molecular flexibility index (Phi) is 10.1. The van der Waals surface area contributed by atoms with Crippen molar-refractivity contribution in [3.63, 3.8) is 0 Å². The normalized spacial score (nSPS) is 14.8. The van der Waals surface area contributed by atoms with Gasteiger partial charge >= 0.3 is 0 Å². The molecule has 1 aliphatic rings. The number of nitrogens with zero attached hydrogens (tertiary/aromatic N) is 2. The van der Waals surface area contributed by atoms with Gasteiger partial charge in [0.25, 0.3) is 0 Å². The Morgan fingerprint density at radius 3 is 2.22 bits per heavy atom. The molecule has 202 valence electrons. The van der Waals surface area contributed by atoms with Crippen molar-refractivity contribution in [3.8, 4) is 0 Å². The lowest BCUT2D eigenvalue weighted by atomic mass is 10.1. The third-order valence-corrected chi connectivity index (χ3v) is 8.12. The smallest absolute Gasteiger partial charge is 0.243 e. The monoisotopic (exact) mass is 527 g/mol. The summed E-state index contributed by atoms with van der Waals surface area (Å²) in [5, 5.41) is 3.16. The van der Waals surface area contributed by atoms with Crippen molar-refractivity contribution in [2.24, 2.45) is 0 Å². The molecule has 2 amide bonds. The molecule has 1 atom stereocenters. The number of amides is 2. The highest BCUT2D eigenvalue weighted by atomic mass is 32.2. The molecule has 0 aromatic heterocycles. The number of nitrogens with one attached hydrogen (secondary N) is 1. The zero-order chi connectivity index (χ0) is 27.0. The summed E-state index contributed by atoms with van der Waals surface area (Å²) in [6.45, 7) is 6.32. The summed E-state index contributed by atoms with van der Waals surface area (Å²) in [7, 11) is -3.52. The second kappa shape index (κ2) is 13.1. The average Bonchev–Trinajstić information content (AvgIpc) is 3.33. The minimum absolute atomic E-state index is 0.105. The van der Waals surface area contributed by atoms with Crippen LogP contribution in [0.3, 0.4) is 0 Å². The van der Waals surface area contributed by atoms with Crippen molar-refractivity contribution < 1.29 is 18.0 Å². The zero-order valence-corrected chi connectivity index (χ0v) is 23.4. The second-order valence-corrected chi connectivity index (χ2v) is 12.1. The standard InChI is InChI=1S/C29H41N3O4S/c1-5-27(29(34)30-25-14-9-10-15-25)31(21-24-12-7-6-8-13-24)28(33)16-11-17-32(37(4,35)36)26-19-22(2)18-23(3)20-26/h6-8,12-13,18-20,25,27H,5,9-11,14-17,21H2,1-4H3,(H,30,34). The van der Waals surface area contributed by atoms with Gasteiger partial charge in [-0.15, -0.1) is 0 Å². The number of rotatable bonds is 12. The number of hydrogen-bond acceptors (Lipinski definition) is 4. The minimum Gasteiger partial charge on any atom is -0.352 e. The molecule has 0 bridgehead atoms. The van der Waals surface area contributed by atoms with Crippen LogP contribution in [0, 0.1) is 13.8 Å². The van der Waals surface area contributed by atoms with Crippen LogP contribution < -0.4 is 9.62 Å². The Morgan fingerprint density at radius 2 is 1.65 bits per heavy atom. The van der Waals surface area contributed by atoms with E-state index in [9.17, 15) is 18.0 Å². The van der Waals surface area contributed by atoms with Crippen molar-refractivity contribution >= 4 is 27.5 Å². The third kappa shape index (κ3) is 8.32. The fraction of sp³-hybridized carbons (Fsp3) is 0.517. The predicted molar refractivity (Wildman–Crippen MR) is 149 cm³/mol. The topological polar surface area (TPSA) is 86.8 Å². The van der Waals surface area contributed by atoms with Crippen molar-refractivity contribution in [2.75, 3.05) is 17.1 Å². The van der Waals surface area contributed by atoms with E-state index in [-0.39, 0.29) is 30.8 Å². The Hall–Kier alpha value is -2.87. The number of carbonyl (C=O) groups is 2. The van der Waals surface area contributed by atoms with Gasteiger partial charge in [-0.1, -0.05) is 56.2 Å². The van der Waals surface area contributed by atoms with Crippen LogP contribution in [0.15, 0.2) is 48.5 Å². The van der Waals surface area contributed by atoms with E-state index in [1.165, 1.54) is 10.6 Å². The minimum atomic E-state index is -3.52. The predicted octanol–water partition coefficient (Wildman–Crippen LogP) is 4.72. The number of sulfonamides is 1. The lowest BCUT2D eigenvalue weighted by Crippen LogP contribution is -2.51. The van der Waals surface area contributed by atoms with E-state index in [4.69, 9.17) is 0 Å². The van der Waals surface area contributed by atoms with Gasteiger partial charge in [-0.25, -0.2) is 8.42 Å². The maximum absolute atomic E-state index is 13.5. The van der Waals surface area contributed by atoms with E-state index in [1.807, 2.05) is 69.3 Å². The lowest BCUT2D eigenvalue weighted by Gasteiger charge is -2.32. The molecule has 1 fully saturated rings. The van der Waals surface area contributed by atoms with E-state index < -0.39 is 16.1 Å². The van der Waals surface area contributed by atoms with E-state index >= 15 is 0 Å². The highest BCUT2D eigenvalue weighted by Crippen LogP contribution is 2.23. The second-order valence-electron chi connectivity index (χ2n) is 10.2. The first-order valence-electron chi connectivity index (χ1n) is 13.3. The number of carbonyl (C=O) groups excluding carboxylic acids is 2. The summed E-state index contributed by atoms with van der Waals surface area (Å²) < 4.78 is 26.5. The number of hydrogen-bond donors (Lipinski definition) is 1. The van der Waals surface area contributed by atoms with Crippen LogP contribution >= 0.6 is 0 Å². The van der Waals surface area contributed by atoms with Crippen LogP contribution in [0.1, 0.15) is 68.6 Å². The Labute approximate surface area is 222 Å². The molecule has 0 saturated heterocycles. The molecule has 0 spiro atoms. The lowest BCUT2D eigenvalue weighted by molar-refractivity contribution is -0.141. The summed E-state index contributed by atoms with van der Waals surface area (Å²) in [6, 6.07) is 15.0. The first-order chi connectivity index (χ1) is 17.6. The molecular weight excluding hydrogens is 486 g/mol. The maximum atomic E-state index is 13.5. The van der Waals surface area contributed by atoms with Crippen LogP contribution in [0.4, 0.5) is 5.69 Å². The SMILES string of the molecule is CCC(C(=O)NC1CCCC1)N(Cc1ccccc1)C(=O)CCCN(c1cc(C)cc(C)c1)S(C)(=O)=O. The van der Waals surface area contributed by atoms with Crippen molar-refractivity contribution in [1.82, 2.24) is 10.2 Å². The van der Waals surface area contributed by atoms with Gasteiger partial charge in [-0.3, -0.25) is 13.9 Å². The van der Waals surface area contributed by atoms with Crippen LogP contribution in [0.2, 0.25) is 0 Å². The van der Waals surface area contributed by atoms with Crippen molar-refractivity contribution in [3.05, 3.63) is 65.2 Å². The number of aryl methyl sites for hydroxylation is 2. The Balaban J connectivity index is 1.75.